The van der Waals surface area contributed by atoms with Gasteiger partial charge in [0.05, 0.1) is 16.0 Å². The smallest absolute Gasteiger partial charge is 0.0900 e. The first-order chi connectivity index (χ1) is 6.67. The summed E-state index contributed by atoms with van der Waals surface area (Å²) in [5, 5.41) is 11.0. The molecule has 0 aromatic carbocycles. The number of hydrogen-bond donors (Lipinski definition) is 1. The molecule has 1 rings (SSSR count). The molecule has 0 bridgehead atoms. The number of aryl methyl sites for hydroxylation is 1. The predicted octanol–water partition coefficient (Wildman–Crippen LogP) is 3.31. The highest BCUT2D eigenvalue weighted by molar-refractivity contribution is 7.11. The van der Waals surface area contributed by atoms with Crippen LogP contribution in [0.5, 0.6) is 0 Å². The minimum Gasteiger partial charge on any atom is -0.388 e. The highest BCUT2D eigenvalue weighted by atomic mass is 32.1. The van der Waals surface area contributed by atoms with E-state index in [1.807, 2.05) is 6.92 Å². The van der Waals surface area contributed by atoms with Gasteiger partial charge in [-0.15, -0.1) is 11.3 Å². The van der Waals surface area contributed by atoms with E-state index in [-0.39, 0.29) is 6.10 Å². The highest BCUT2D eigenvalue weighted by Crippen LogP contribution is 2.28. The molecule has 1 atom stereocenters. The summed E-state index contributed by atoms with van der Waals surface area (Å²) < 4.78 is 0. The summed E-state index contributed by atoms with van der Waals surface area (Å²) in [5.74, 6) is 0.632. The maximum absolute atomic E-state index is 9.94. The minimum absolute atomic E-state index is 0.314. The second-order valence-corrected chi connectivity index (χ2v) is 4.98. The normalized spacial score (nSPS) is 13.5. The number of nitrogens with zero attached hydrogens (tertiary/aromatic N) is 1. The first-order valence-corrected chi connectivity index (χ1v) is 6.09. The van der Waals surface area contributed by atoms with Crippen LogP contribution in [0.3, 0.4) is 0 Å². The molecule has 3 heteroatoms. The zero-order valence-electron chi connectivity index (χ0n) is 9.16. The van der Waals surface area contributed by atoms with Crippen LogP contribution in [0.4, 0.5) is 0 Å². The van der Waals surface area contributed by atoms with Crippen LogP contribution in [0, 0.1) is 12.8 Å². The summed E-state index contributed by atoms with van der Waals surface area (Å²) in [7, 11) is 0. The van der Waals surface area contributed by atoms with Crippen molar-refractivity contribution in [2.45, 2.75) is 46.1 Å². The van der Waals surface area contributed by atoms with Crippen LogP contribution in [-0.4, -0.2) is 10.1 Å². The van der Waals surface area contributed by atoms with Gasteiger partial charge >= 0.3 is 0 Å². The first kappa shape index (κ1) is 11.7. The quantitative estimate of drug-likeness (QED) is 0.814. The lowest BCUT2D eigenvalue weighted by molar-refractivity contribution is 0.144. The van der Waals surface area contributed by atoms with Gasteiger partial charge in [0.15, 0.2) is 0 Å². The predicted molar refractivity (Wildman–Crippen MR) is 60.5 cm³/mol. The Bertz CT molecular complexity index is 268. The summed E-state index contributed by atoms with van der Waals surface area (Å²) in [6.07, 6.45) is 4.64. The summed E-state index contributed by atoms with van der Waals surface area (Å²) in [6.45, 7) is 6.33. The van der Waals surface area contributed by atoms with E-state index in [4.69, 9.17) is 0 Å². The Morgan fingerprint density at radius 2 is 2.07 bits per heavy atom. The molecule has 1 aromatic heterocycles. The molecule has 0 fully saturated rings. The van der Waals surface area contributed by atoms with Gasteiger partial charge in [0.2, 0.25) is 0 Å². The Hall–Kier alpha value is -0.410. The Labute approximate surface area is 90.0 Å². The van der Waals surface area contributed by atoms with Gasteiger partial charge in [0.25, 0.3) is 0 Å². The molecule has 0 spiro atoms. The molecule has 0 aliphatic heterocycles. The zero-order valence-corrected chi connectivity index (χ0v) is 9.97. The van der Waals surface area contributed by atoms with Crippen LogP contribution in [0.25, 0.3) is 0 Å². The van der Waals surface area contributed by atoms with Gasteiger partial charge in [-0.1, -0.05) is 26.7 Å². The van der Waals surface area contributed by atoms with E-state index in [0.717, 1.165) is 29.1 Å². The van der Waals surface area contributed by atoms with Crippen molar-refractivity contribution in [2.75, 3.05) is 0 Å². The van der Waals surface area contributed by atoms with Crippen molar-refractivity contribution in [3.05, 3.63) is 16.1 Å². The van der Waals surface area contributed by atoms with Gasteiger partial charge in [-0.25, -0.2) is 4.98 Å². The van der Waals surface area contributed by atoms with Crippen LogP contribution >= 0.6 is 11.3 Å². The number of thiazole rings is 1. The molecule has 0 radical (unpaired) electrons. The van der Waals surface area contributed by atoms with Crippen LogP contribution in [0.1, 0.15) is 49.1 Å². The number of aliphatic hydroxyl groups is 1. The van der Waals surface area contributed by atoms with Crippen molar-refractivity contribution in [1.29, 1.82) is 0 Å². The molecular weight excluding hydrogens is 194 g/mol. The van der Waals surface area contributed by atoms with E-state index in [0.29, 0.717) is 5.92 Å². The lowest BCUT2D eigenvalue weighted by Crippen LogP contribution is -2.04. The third-order valence-electron chi connectivity index (χ3n) is 2.68. The van der Waals surface area contributed by atoms with E-state index in [1.165, 1.54) is 0 Å². The Balaban J connectivity index is 2.53. The lowest BCUT2D eigenvalue weighted by Gasteiger charge is -2.15. The number of aliphatic hydroxyl groups excluding tert-OH is 1. The average Bonchev–Trinajstić information content (AvgIpc) is 2.61. The van der Waals surface area contributed by atoms with Gasteiger partial charge in [-0.3, -0.25) is 0 Å². The van der Waals surface area contributed by atoms with Crippen LogP contribution < -0.4 is 0 Å². The average molecular weight is 213 g/mol. The van der Waals surface area contributed by atoms with Gasteiger partial charge in [-0.05, 0) is 19.3 Å². The SMILES string of the molecule is CCC(CC)CC(O)c1cnc(C)s1. The third kappa shape index (κ3) is 3.07. The Morgan fingerprint density at radius 1 is 1.43 bits per heavy atom. The summed E-state index contributed by atoms with van der Waals surface area (Å²) in [6, 6.07) is 0. The second kappa shape index (κ2) is 5.47. The Morgan fingerprint density at radius 3 is 2.50 bits per heavy atom. The van der Waals surface area contributed by atoms with Crippen molar-refractivity contribution < 1.29 is 5.11 Å². The molecule has 0 aliphatic carbocycles. The van der Waals surface area contributed by atoms with Crippen LogP contribution in [0.2, 0.25) is 0 Å². The van der Waals surface area contributed by atoms with Crippen molar-refractivity contribution in [2.24, 2.45) is 5.92 Å². The molecule has 0 saturated carbocycles. The minimum atomic E-state index is -0.314. The summed E-state index contributed by atoms with van der Waals surface area (Å²) in [5.41, 5.74) is 0. The molecular formula is C11H19NOS. The maximum atomic E-state index is 9.94. The highest BCUT2D eigenvalue weighted by Gasteiger charge is 2.15. The molecule has 1 unspecified atom stereocenters. The van der Waals surface area contributed by atoms with E-state index >= 15 is 0 Å². The zero-order chi connectivity index (χ0) is 10.6. The number of hydrogen-bond acceptors (Lipinski definition) is 3. The van der Waals surface area contributed by atoms with Gasteiger partial charge < -0.3 is 5.11 Å². The number of rotatable bonds is 5. The molecule has 0 amide bonds. The van der Waals surface area contributed by atoms with Crippen molar-refractivity contribution in [3.8, 4) is 0 Å². The first-order valence-electron chi connectivity index (χ1n) is 5.27. The van der Waals surface area contributed by atoms with Gasteiger partial charge in [0, 0.05) is 6.20 Å². The van der Waals surface area contributed by atoms with Crippen LogP contribution in [-0.2, 0) is 0 Å². The van der Waals surface area contributed by atoms with Gasteiger partial charge in [0.1, 0.15) is 0 Å². The van der Waals surface area contributed by atoms with E-state index in [1.54, 1.807) is 17.5 Å². The van der Waals surface area contributed by atoms with E-state index in [2.05, 4.69) is 18.8 Å². The fourth-order valence-electron chi connectivity index (χ4n) is 1.59. The van der Waals surface area contributed by atoms with E-state index in [9.17, 15) is 5.11 Å². The van der Waals surface area contributed by atoms with Crippen molar-refractivity contribution in [1.82, 2.24) is 4.98 Å². The van der Waals surface area contributed by atoms with E-state index < -0.39 is 0 Å². The molecule has 80 valence electrons. The van der Waals surface area contributed by atoms with Gasteiger partial charge in [-0.2, -0.15) is 0 Å². The fraction of sp³-hybridized carbons (Fsp3) is 0.727. The topological polar surface area (TPSA) is 33.1 Å². The van der Waals surface area contributed by atoms with Crippen molar-refractivity contribution >= 4 is 11.3 Å². The van der Waals surface area contributed by atoms with Crippen molar-refractivity contribution in [3.63, 3.8) is 0 Å². The molecule has 1 heterocycles. The molecule has 2 nitrogen and oxygen atoms in total. The fourth-order valence-corrected chi connectivity index (χ4v) is 2.37. The standard InChI is InChI=1S/C11H19NOS/c1-4-9(5-2)6-10(13)11-7-12-8(3)14-11/h7,9-10,13H,4-6H2,1-3H3. The molecule has 0 saturated heterocycles. The largest absolute Gasteiger partial charge is 0.388 e. The molecule has 0 aliphatic rings. The number of aromatic nitrogens is 1. The summed E-state index contributed by atoms with van der Waals surface area (Å²) in [4.78, 5) is 5.16. The third-order valence-corrected chi connectivity index (χ3v) is 3.69. The second-order valence-electron chi connectivity index (χ2n) is 3.72. The lowest BCUT2D eigenvalue weighted by atomic mass is 9.96. The maximum Gasteiger partial charge on any atom is 0.0900 e. The summed E-state index contributed by atoms with van der Waals surface area (Å²) >= 11 is 1.60. The monoisotopic (exact) mass is 213 g/mol. The molecule has 1 aromatic rings. The molecule has 14 heavy (non-hydrogen) atoms. The van der Waals surface area contributed by atoms with Crippen LogP contribution in [0.15, 0.2) is 6.20 Å². The molecule has 1 N–H and O–H groups in total. The Kier molecular flexibility index (Phi) is 4.55.